The molecule has 0 radical (unpaired) electrons. The fraction of sp³-hybridized carbons (Fsp3) is 0.889. The molecule has 0 aliphatic carbocycles. The molecule has 5 nitrogen and oxygen atoms in total. The maximum Gasteiger partial charge on any atom is 0.179 e. The number of hydrogen-bond acceptors (Lipinski definition) is 4. The first-order chi connectivity index (χ1) is 6.57. The molecular weight excluding hydrogens is 178 g/mol. The van der Waals surface area contributed by atoms with Crippen LogP contribution in [0.1, 0.15) is 38.9 Å². The Bertz CT molecular complexity index is 305. The van der Waals surface area contributed by atoms with Gasteiger partial charge in [-0.1, -0.05) is 0 Å². The predicted molar refractivity (Wildman–Crippen MR) is 53.0 cm³/mol. The van der Waals surface area contributed by atoms with Crippen molar-refractivity contribution in [1.29, 1.82) is 0 Å². The van der Waals surface area contributed by atoms with Crippen molar-refractivity contribution >= 4 is 0 Å². The van der Waals surface area contributed by atoms with Crippen LogP contribution in [-0.4, -0.2) is 33.3 Å². The normalized spacial score (nSPS) is 22.9. The van der Waals surface area contributed by atoms with Gasteiger partial charge in [-0.05, 0) is 39.0 Å². The highest BCUT2D eigenvalue weighted by Gasteiger charge is 2.24. The molecular formula is C9H17N5. The molecule has 5 heteroatoms. The van der Waals surface area contributed by atoms with Crippen molar-refractivity contribution in [3.05, 3.63) is 5.82 Å². The fourth-order valence-corrected chi connectivity index (χ4v) is 1.55. The summed E-state index contributed by atoms with van der Waals surface area (Å²) in [5.41, 5.74) is -0.0721. The van der Waals surface area contributed by atoms with Gasteiger partial charge in [-0.2, -0.15) is 4.80 Å². The van der Waals surface area contributed by atoms with E-state index in [0.29, 0.717) is 5.92 Å². The van der Waals surface area contributed by atoms with E-state index in [4.69, 9.17) is 0 Å². The summed E-state index contributed by atoms with van der Waals surface area (Å²) in [6.07, 6.45) is 1.12. The van der Waals surface area contributed by atoms with Crippen LogP contribution in [0.4, 0.5) is 0 Å². The van der Waals surface area contributed by atoms with E-state index in [-0.39, 0.29) is 5.54 Å². The van der Waals surface area contributed by atoms with Crippen LogP contribution in [0, 0.1) is 0 Å². The summed E-state index contributed by atoms with van der Waals surface area (Å²) in [5.74, 6) is 1.33. The quantitative estimate of drug-likeness (QED) is 0.709. The van der Waals surface area contributed by atoms with E-state index in [0.717, 1.165) is 25.3 Å². The van der Waals surface area contributed by atoms with Crippen molar-refractivity contribution in [3.63, 3.8) is 0 Å². The SMILES string of the molecule is CC(C)(C)n1nnc([C@@H]2CCNC2)n1. The molecule has 1 aromatic heterocycles. The lowest BCUT2D eigenvalue weighted by molar-refractivity contribution is 0.305. The van der Waals surface area contributed by atoms with Crippen LogP contribution in [0.2, 0.25) is 0 Å². The Hall–Kier alpha value is -0.970. The Morgan fingerprint density at radius 1 is 1.43 bits per heavy atom. The number of nitrogens with zero attached hydrogens (tertiary/aromatic N) is 4. The maximum absolute atomic E-state index is 4.42. The third-order valence-electron chi connectivity index (χ3n) is 2.45. The summed E-state index contributed by atoms with van der Waals surface area (Å²) < 4.78 is 0. The summed E-state index contributed by atoms with van der Waals surface area (Å²) in [5, 5.41) is 15.9. The molecule has 0 spiro atoms. The molecule has 1 saturated heterocycles. The zero-order valence-electron chi connectivity index (χ0n) is 8.99. The molecule has 1 fully saturated rings. The first-order valence-electron chi connectivity index (χ1n) is 5.08. The van der Waals surface area contributed by atoms with Gasteiger partial charge in [0.05, 0.1) is 5.54 Å². The second kappa shape index (κ2) is 3.31. The van der Waals surface area contributed by atoms with Gasteiger partial charge in [0.1, 0.15) is 0 Å². The molecule has 0 unspecified atom stereocenters. The van der Waals surface area contributed by atoms with Crippen molar-refractivity contribution in [2.24, 2.45) is 0 Å². The highest BCUT2D eigenvalue weighted by Crippen LogP contribution is 2.19. The largest absolute Gasteiger partial charge is 0.316 e. The summed E-state index contributed by atoms with van der Waals surface area (Å²) in [6.45, 7) is 8.27. The number of aromatic nitrogens is 4. The molecule has 0 bridgehead atoms. The van der Waals surface area contributed by atoms with Crippen LogP contribution in [0.25, 0.3) is 0 Å². The minimum absolute atomic E-state index is 0.0721. The Kier molecular flexibility index (Phi) is 2.26. The Morgan fingerprint density at radius 3 is 2.71 bits per heavy atom. The van der Waals surface area contributed by atoms with Gasteiger partial charge in [0.25, 0.3) is 0 Å². The van der Waals surface area contributed by atoms with E-state index in [9.17, 15) is 0 Å². The molecule has 1 atom stereocenters. The highest BCUT2D eigenvalue weighted by molar-refractivity contribution is 4.96. The van der Waals surface area contributed by atoms with Gasteiger partial charge >= 0.3 is 0 Å². The minimum Gasteiger partial charge on any atom is -0.316 e. The zero-order chi connectivity index (χ0) is 10.2. The molecule has 2 heterocycles. The van der Waals surface area contributed by atoms with Crippen LogP contribution < -0.4 is 5.32 Å². The molecule has 2 rings (SSSR count). The molecule has 1 N–H and O–H groups in total. The summed E-state index contributed by atoms with van der Waals surface area (Å²) in [6, 6.07) is 0. The Balaban J connectivity index is 2.17. The molecule has 0 amide bonds. The van der Waals surface area contributed by atoms with Gasteiger partial charge in [-0.3, -0.25) is 0 Å². The number of nitrogens with one attached hydrogen (secondary N) is 1. The second-order valence-corrected chi connectivity index (χ2v) is 4.80. The van der Waals surface area contributed by atoms with Crippen LogP contribution in [0.3, 0.4) is 0 Å². The first kappa shape index (κ1) is 9.58. The van der Waals surface area contributed by atoms with E-state index >= 15 is 0 Å². The van der Waals surface area contributed by atoms with E-state index in [1.165, 1.54) is 0 Å². The average Bonchev–Trinajstić information content (AvgIpc) is 2.73. The number of hydrogen-bond donors (Lipinski definition) is 1. The Morgan fingerprint density at radius 2 is 2.21 bits per heavy atom. The summed E-state index contributed by atoms with van der Waals surface area (Å²) in [4.78, 5) is 1.70. The average molecular weight is 195 g/mol. The molecule has 0 saturated carbocycles. The van der Waals surface area contributed by atoms with Crippen LogP contribution in [0.15, 0.2) is 0 Å². The lowest BCUT2D eigenvalue weighted by Crippen LogP contribution is -2.25. The summed E-state index contributed by atoms with van der Waals surface area (Å²) in [7, 11) is 0. The first-order valence-corrected chi connectivity index (χ1v) is 5.08. The molecule has 78 valence electrons. The monoisotopic (exact) mass is 195 g/mol. The van der Waals surface area contributed by atoms with Gasteiger partial charge in [-0.15, -0.1) is 10.2 Å². The summed E-state index contributed by atoms with van der Waals surface area (Å²) >= 11 is 0. The number of rotatable bonds is 1. The smallest absolute Gasteiger partial charge is 0.179 e. The standard InChI is InChI=1S/C9H17N5/c1-9(2,3)14-12-8(11-13-14)7-4-5-10-6-7/h7,10H,4-6H2,1-3H3/t7-/m1/s1. The van der Waals surface area contributed by atoms with E-state index in [1.807, 2.05) is 0 Å². The minimum atomic E-state index is -0.0721. The zero-order valence-corrected chi connectivity index (χ0v) is 8.99. The van der Waals surface area contributed by atoms with Crippen LogP contribution >= 0.6 is 0 Å². The lowest BCUT2D eigenvalue weighted by atomic mass is 10.1. The number of tetrazole rings is 1. The predicted octanol–water partition coefficient (Wildman–Crippen LogP) is 0.505. The van der Waals surface area contributed by atoms with Crippen molar-refractivity contribution in [2.45, 2.75) is 38.6 Å². The van der Waals surface area contributed by atoms with E-state index in [1.54, 1.807) is 4.80 Å². The van der Waals surface area contributed by atoms with Gasteiger partial charge in [0, 0.05) is 12.5 Å². The molecule has 0 aromatic carbocycles. The van der Waals surface area contributed by atoms with Crippen molar-refractivity contribution in [1.82, 2.24) is 25.5 Å². The second-order valence-electron chi connectivity index (χ2n) is 4.80. The third kappa shape index (κ3) is 1.77. The highest BCUT2D eigenvalue weighted by atomic mass is 15.6. The van der Waals surface area contributed by atoms with Gasteiger partial charge in [-0.25, -0.2) is 0 Å². The van der Waals surface area contributed by atoms with E-state index < -0.39 is 0 Å². The molecule has 1 aliphatic rings. The molecule has 14 heavy (non-hydrogen) atoms. The fourth-order valence-electron chi connectivity index (χ4n) is 1.55. The van der Waals surface area contributed by atoms with Crippen LogP contribution in [-0.2, 0) is 5.54 Å². The van der Waals surface area contributed by atoms with Crippen molar-refractivity contribution < 1.29 is 0 Å². The van der Waals surface area contributed by atoms with Crippen LogP contribution in [0.5, 0.6) is 0 Å². The molecule has 1 aromatic rings. The maximum atomic E-state index is 4.42. The van der Waals surface area contributed by atoms with E-state index in [2.05, 4.69) is 41.5 Å². The van der Waals surface area contributed by atoms with Crippen molar-refractivity contribution in [3.8, 4) is 0 Å². The molecule has 1 aliphatic heterocycles. The topological polar surface area (TPSA) is 55.6 Å². The third-order valence-corrected chi connectivity index (χ3v) is 2.45. The van der Waals surface area contributed by atoms with Gasteiger partial charge in [0.2, 0.25) is 0 Å². The Labute approximate surface area is 83.9 Å². The van der Waals surface area contributed by atoms with Gasteiger partial charge < -0.3 is 5.32 Å². The lowest BCUT2D eigenvalue weighted by Gasteiger charge is -2.15. The van der Waals surface area contributed by atoms with Crippen molar-refractivity contribution in [2.75, 3.05) is 13.1 Å². The van der Waals surface area contributed by atoms with Gasteiger partial charge in [0.15, 0.2) is 5.82 Å².